The Kier molecular flexibility index (Phi) is 3.52. The Labute approximate surface area is 89.2 Å². The van der Waals surface area contributed by atoms with Gasteiger partial charge in [-0.2, -0.15) is 8.78 Å². The van der Waals surface area contributed by atoms with Gasteiger partial charge in [0.25, 0.3) is 0 Å². The molecule has 1 aromatic heterocycles. The number of aromatic nitrogens is 2. The highest BCUT2D eigenvalue weighted by molar-refractivity contribution is 6.28. The highest BCUT2D eigenvalue weighted by atomic mass is 35.5. The molecule has 0 aliphatic carbocycles. The maximum absolute atomic E-state index is 13.3. The summed E-state index contributed by atoms with van der Waals surface area (Å²) in [6, 6.07) is 0. The number of hydrogen-bond acceptors (Lipinski definition) is 4. The Morgan fingerprint density at radius 3 is 2.53 bits per heavy atom. The molecule has 0 aliphatic rings. The summed E-state index contributed by atoms with van der Waals surface area (Å²) in [5.41, 5.74) is -0.648. The van der Waals surface area contributed by atoms with E-state index in [0.717, 1.165) is 12.4 Å². The van der Waals surface area contributed by atoms with Gasteiger partial charge in [0.05, 0.1) is 12.2 Å². The lowest BCUT2D eigenvalue weighted by atomic mass is 10.2. The topological polar surface area (TPSA) is 52.1 Å². The van der Waals surface area contributed by atoms with Crippen LogP contribution in [0.4, 0.5) is 8.78 Å². The smallest absolute Gasteiger partial charge is 0.382 e. The molecule has 0 saturated carbocycles. The number of alkyl halides is 2. The van der Waals surface area contributed by atoms with Crippen molar-refractivity contribution in [3.8, 4) is 0 Å². The van der Waals surface area contributed by atoms with Crippen LogP contribution in [0.2, 0.25) is 5.28 Å². The van der Waals surface area contributed by atoms with Crippen LogP contribution < -0.4 is 0 Å². The van der Waals surface area contributed by atoms with Gasteiger partial charge >= 0.3 is 11.9 Å². The molecule has 0 unspecified atom stereocenters. The van der Waals surface area contributed by atoms with Gasteiger partial charge in [0.1, 0.15) is 0 Å². The molecule has 0 saturated heterocycles. The first kappa shape index (κ1) is 11.8. The molecule has 7 heteroatoms. The number of halogens is 3. The number of esters is 1. The molecule has 1 aromatic rings. The Morgan fingerprint density at radius 2 is 2.07 bits per heavy atom. The van der Waals surface area contributed by atoms with E-state index in [2.05, 4.69) is 14.7 Å². The van der Waals surface area contributed by atoms with E-state index < -0.39 is 17.5 Å². The van der Waals surface area contributed by atoms with Gasteiger partial charge in [-0.3, -0.25) is 0 Å². The van der Waals surface area contributed by atoms with Crippen LogP contribution in [0.5, 0.6) is 0 Å². The lowest BCUT2D eigenvalue weighted by Crippen LogP contribution is -2.28. The van der Waals surface area contributed by atoms with Gasteiger partial charge in [-0.15, -0.1) is 0 Å². The van der Waals surface area contributed by atoms with Crippen molar-refractivity contribution in [3.63, 3.8) is 0 Å². The number of hydrogen-bond donors (Lipinski definition) is 0. The van der Waals surface area contributed by atoms with Gasteiger partial charge < -0.3 is 4.74 Å². The average molecular weight is 237 g/mol. The van der Waals surface area contributed by atoms with E-state index in [9.17, 15) is 13.6 Å². The summed E-state index contributed by atoms with van der Waals surface area (Å²) < 4.78 is 30.8. The summed E-state index contributed by atoms with van der Waals surface area (Å²) in [4.78, 5) is 17.6. The minimum Gasteiger partial charge on any atom is -0.461 e. The Balaban J connectivity index is 2.94. The molecular weight excluding hydrogens is 230 g/mol. The van der Waals surface area contributed by atoms with Crippen molar-refractivity contribution in [1.29, 1.82) is 0 Å². The lowest BCUT2D eigenvalue weighted by Gasteiger charge is -2.13. The minimum absolute atomic E-state index is 0.122. The van der Waals surface area contributed by atoms with Crippen LogP contribution in [0.25, 0.3) is 0 Å². The first-order chi connectivity index (χ1) is 6.98. The van der Waals surface area contributed by atoms with Crippen molar-refractivity contribution in [2.45, 2.75) is 12.8 Å². The highest BCUT2D eigenvalue weighted by Crippen LogP contribution is 2.28. The third-order valence-electron chi connectivity index (χ3n) is 1.51. The number of rotatable bonds is 3. The van der Waals surface area contributed by atoms with Crippen LogP contribution in [0, 0.1) is 0 Å². The molecule has 0 aliphatic heterocycles. The standard InChI is InChI=1S/C8H7ClF2N2O2/c1-2-15-6(14)8(10,11)5-3-12-7(9)13-4-5/h3-4H,2H2,1H3. The van der Waals surface area contributed by atoms with Crippen LogP contribution in [0.15, 0.2) is 12.4 Å². The van der Waals surface area contributed by atoms with Gasteiger partial charge in [0.2, 0.25) is 5.28 Å². The third-order valence-corrected chi connectivity index (χ3v) is 1.71. The van der Waals surface area contributed by atoms with Gasteiger partial charge in [-0.05, 0) is 18.5 Å². The molecule has 82 valence electrons. The predicted octanol–water partition coefficient (Wildman–Crippen LogP) is 1.78. The summed E-state index contributed by atoms with van der Waals surface area (Å²) in [5.74, 6) is -5.38. The summed E-state index contributed by atoms with van der Waals surface area (Å²) in [5, 5.41) is -0.168. The average Bonchev–Trinajstić information content (AvgIpc) is 2.18. The van der Waals surface area contributed by atoms with Crippen molar-refractivity contribution in [2.24, 2.45) is 0 Å². The normalized spacial score (nSPS) is 11.2. The summed E-state index contributed by atoms with van der Waals surface area (Å²) in [7, 11) is 0. The first-order valence-electron chi connectivity index (χ1n) is 4.01. The molecule has 0 fully saturated rings. The predicted molar refractivity (Wildman–Crippen MR) is 47.6 cm³/mol. The fourth-order valence-electron chi connectivity index (χ4n) is 0.814. The molecule has 0 spiro atoms. The second-order valence-electron chi connectivity index (χ2n) is 2.54. The Morgan fingerprint density at radius 1 is 1.53 bits per heavy atom. The maximum Gasteiger partial charge on any atom is 0.382 e. The van der Waals surface area contributed by atoms with E-state index in [0.29, 0.717) is 0 Å². The zero-order chi connectivity index (χ0) is 11.5. The summed E-state index contributed by atoms with van der Waals surface area (Å²) in [6.45, 7) is 1.31. The van der Waals surface area contributed by atoms with Gasteiger partial charge in [-0.1, -0.05) is 0 Å². The van der Waals surface area contributed by atoms with E-state index in [4.69, 9.17) is 11.6 Å². The second-order valence-corrected chi connectivity index (χ2v) is 2.87. The van der Waals surface area contributed by atoms with Crippen molar-refractivity contribution in [2.75, 3.05) is 6.61 Å². The second kappa shape index (κ2) is 4.48. The van der Waals surface area contributed by atoms with Gasteiger partial charge in [0.15, 0.2) is 0 Å². The highest BCUT2D eigenvalue weighted by Gasteiger charge is 2.43. The molecule has 1 rings (SSSR count). The number of ether oxygens (including phenoxy) is 1. The van der Waals surface area contributed by atoms with Gasteiger partial charge in [0, 0.05) is 12.4 Å². The minimum atomic E-state index is -3.75. The largest absolute Gasteiger partial charge is 0.461 e. The fraction of sp³-hybridized carbons (Fsp3) is 0.375. The zero-order valence-corrected chi connectivity index (χ0v) is 8.46. The molecule has 0 aromatic carbocycles. The maximum atomic E-state index is 13.3. The Hall–Kier alpha value is -1.30. The van der Waals surface area contributed by atoms with Crippen molar-refractivity contribution >= 4 is 17.6 Å². The van der Waals surface area contributed by atoms with E-state index in [1.54, 1.807) is 0 Å². The van der Waals surface area contributed by atoms with Crippen LogP contribution in [0.3, 0.4) is 0 Å². The van der Waals surface area contributed by atoms with Crippen LogP contribution in [0.1, 0.15) is 12.5 Å². The molecule has 0 bridgehead atoms. The van der Waals surface area contributed by atoms with Crippen molar-refractivity contribution < 1.29 is 18.3 Å². The van der Waals surface area contributed by atoms with E-state index in [1.165, 1.54) is 6.92 Å². The molecule has 0 N–H and O–H groups in total. The lowest BCUT2D eigenvalue weighted by molar-refractivity contribution is -0.173. The molecule has 0 atom stereocenters. The van der Waals surface area contributed by atoms with E-state index >= 15 is 0 Å². The van der Waals surface area contributed by atoms with Crippen LogP contribution >= 0.6 is 11.6 Å². The molecule has 0 amide bonds. The van der Waals surface area contributed by atoms with Gasteiger partial charge in [-0.25, -0.2) is 14.8 Å². The fourth-order valence-corrected chi connectivity index (χ4v) is 0.912. The SMILES string of the molecule is CCOC(=O)C(F)(F)c1cnc(Cl)nc1. The Bertz CT molecular complexity index is 356. The molecular formula is C8H7ClF2N2O2. The quantitative estimate of drug-likeness (QED) is 0.593. The van der Waals surface area contributed by atoms with Crippen molar-refractivity contribution in [3.05, 3.63) is 23.2 Å². The van der Waals surface area contributed by atoms with Crippen molar-refractivity contribution in [1.82, 2.24) is 9.97 Å². The molecule has 1 heterocycles. The summed E-state index contributed by atoms with van der Waals surface area (Å²) >= 11 is 5.32. The zero-order valence-electron chi connectivity index (χ0n) is 7.71. The molecule has 0 radical (unpaired) electrons. The first-order valence-corrected chi connectivity index (χ1v) is 4.39. The number of carbonyl (C=O) groups excluding carboxylic acids is 1. The number of carbonyl (C=O) groups is 1. The molecule has 15 heavy (non-hydrogen) atoms. The summed E-state index contributed by atoms with van der Waals surface area (Å²) in [6.07, 6.45) is 1.57. The van der Waals surface area contributed by atoms with Crippen LogP contribution in [-0.2, 0) is 15.5 Å². The monoisotopic (exact) mass is 236 g/mol. The van der Waals surface area contributed by atoms with Crippen LogP contribution in [-0.4, -0.2) is 22.5 Å². The van der Waals surface area contributed by atoms with E-state index in [-0.39, 0.29) is 11.9 Å². The molecule has 4 nitrogen and oxygen atoms in total. The number of nitrogens with zero attached hydrogens (tertiary/aromatic N) is 2. The third kappa shape index (κ3) is 2.59. The van der Waals surface area contributed by atoms with E-state index in [1.807, 2.05) is 0 Å².